The summed E-state index contributed by atoms with van der Waals surface area (Å²) in [6.07, 6.45) is 1.82. The molecule has 0 unspecified atom stereocenters. The van der Waals surface area contributed by atoms with E-state index >= 15 is 0 Å². The largest absolute Gasteiger partial charge is 0.347 e. The molecule has 2 aromatic carbocycles. The Labute approximate surface area is 172 Å². The van der Waals surface area contributed by atoms with E-state index in [1.165, 1.54) is 16.8 Å². The van der Waals surface area contributed by atoms with Gasteiger partial charge in [0.15, 0.2) is 0 Å². The summed E-state index contributed by atoms with van der Waals surface area (Å²) in [5, 5.41) is 3.79. The Hall–Kier alpha value is -2.80. The molecule has 1 saturated heterocycles. The first-order valence-electron chi connectivity index (χ1n) is 9.73. The third-order valence-corrected chi connectivity index (χ3v) is 6.40. The summed E-state index contributed by atoms with van der Waals surface area (Å²) in [5.41, 5.74) is 1.62. The van der Waals surface area contributed by atoms with Gasteiger partial charge < -0.3 is 10.2 Å². The molecule has 2 heterocycles. The summed E-state index contributed by atoms with van der Waals surface area (Å²) >= 11 is 1.73. The minimum absolute atomic E-state index is 0.0278. The van der Waals surface area contributed by atoms with Crippen LogP contribution < -0.4 is 5.32 Å². The summed E-state index contributed by atoms with van der Waals surface area (Å²) in [7, 11) is 0. The lowest BCUT2D eigenvalue weighted by atomic mass is 9.97. The first kappa shape index (κ1) is 19.5. The van der Waals surface area contributed by atoms with Gasteiger partial charge in [-0.2, -0.15) is 0 Å². The first-order valence-corrected chi connectivity index (χ1v) is 10.5. The number of carbonyl (C=O) groups excluding carboxylic acids is 2. The minimum atomic E-state index is -0.373. The van der Waals surface area contributed by atoms with Gasteiger partial charge >= 0.3 is 0 Å². The number of likely N-dealkylation sites (tertiary alicyclic amines) is 1. The smallest absolute Gasteiger partial charge is 0.241 e. The van der Waals surface area contributed by atoms with E-state index in [1.54, 1.807) is 28.4 Å². The van der Waals surface area contributed by atoms with Gasteiger partial charge in [0.2, 0.25) is 11.8 Å². The van der Waals surface area contributed by atoms with Crippen molar-refractivity contribution < 1.29 is 14.0 Å². The average Bonchev–Trinajstić information content (AvgIpc) is 3.16. The van der Waals surface area contributed by atoms with Crippen LogP contribution in [0.5, 0.6) is 0 Å². The van der Waals surface area contributed by atoms with E-state index in [9.17, 15) is 14.0 Å². The lowest BCUT2D eigenvalue weighted by Gasteiger charge is -2.31. The summed E-state index contributed by atoms with van der Waals surface area (Å²) in [4.78, 5) is 31.0. The maximum absolute atomic E-state index is 13.2. The first-order chi connectivity index (χ1) is 14.1. The van der Waals surface area contributed by atoms with Crippen molar-refractivity contribution in [2.45, 2.75) is 25.2 Å². The third-order valence-electron chi connectivity index (χ3n) is 5.20. The van der Waals surface area contributed by atoms with Gasteiger partial charge in [-0.1, -0.05) is 24.3 Å². The Kier molecular flexibility index (Phi) is 5.85. The van der Waals surface area contributed by atoms with E-state index in [1.807, 2.05) is 18.2 Å². The van der Waals surface area contributed by atoms with Gasteiger partial charge in [-0.3, -0.25) is 9.59 Å². The molecule has 5 nitrogen and oxygen atoms in total. The second-order valence-electron chi connectivity index (χ2n) is 7.26. The van der Waals surface area contributed by atoms with Crippen LogP contribution in [0.1, 0.15) is 29.3 Å². The van der Waals surface area contributed by atoms with E-state index in [-0.39, 0.29) is 30.6 Å². The number of aromatic nitrogens is 1. The van der Waals surface area contributed by atoms with Crippen LogP contribution in [-0.2, 0) is 16.0 Å². The van der Waals surface area contributed by atoms with Gasteiger partial charge in [0.05, 0.1) is 28.2 Å². The molecular weight excluding hydrogens is 389 g/mol. The minimum Gasteiger partial charge on any atom is -0.347 e. The SMILES string of the molecule is O=C(Cc1cccc(F)c1)NCC(=O)N1CCC(c2nc3ccccc3s2)CC1. The number of rotatable bonds is 5. The number of benzene rings is 2. The fraction of sp³-hybridized carbons (Fsp3) is 0.318. The van der Waals surface area contributed by atoms with Crippen LogP contribution in [0.2, 0.25) is 0 Å². The molecule has 0 aliphatic carbocycles. The number of nitrogens with zero attached hydrogens (tertiary/aromatic N) is 2. The molecule has 0 bridgehead atoms. The molecule has 29 heavy (non-hydrogen) atoms. The van der Waals surface area contributed by atoms with Crippen LogP contribution in [-0.4, -0.2) is 41.3 Å². The van der Waals surface area contributed by atoms with Crippen molar-refractivity contribution >= 4 is 33.4 Å². The van der Waals surface area contributed by atoms with Crippen LogP contribution >= 0.6 is 11.3 Å². The average molecular weight is 412 g/mol. The number of piperidine rings is 1. The Bertz CT molecular complexity index is 995. The fourth-order valence-electron chi connectivity index (χ4n) is 3.62. The highest BCUT2D eigenvalue weighted by molar-refractivity contribution is 7.18. The molecule has 0 atom stereocenters. The highest BCUT2D eigenvalue weighted by Crippen LogP contribution is 2.33. The number of amides is 2. The zero-order valence-corrected chi connectivity index (χ0v) is 16.8. The Morgan fingerprint density at radius 3 is 2.69 bits per heavy atom. The van der Waals surface area contributed by atoms with Crippen LogP contribution in [0.4, 0.5) is 4.39 Å². The van der Waals surface area contributed by atoms with Gasteiger partial charge in [-0.15, -0.1) is 11.3 Å². The molecule has 150 valence electrons. The Balaban J connectivity index is 1.25. The summed E-state index contributed by atoms with van der Waals surface area (Å²) in [6, 6.07) is 14.1. The monoisotopic (exact) mass is 411 g/mol. The second-order valence-corrected chi connectivity index (χ2v) is 8.32. The molecule has 1 aliphatic heterocycles. The number of hydrogen-bond donors (Lipinski definition) is 1. The van der Waals surface area contributed by atoms with E-state index in [4.69, 9.17) is 4.98 Å². The topological polar surface area (TPSA) is 62.3 Å². The normalized spacial score (nSPS) is 14.9. The molecular formula is C22H22FN3O2S. The van der Waals surface area contributed by atoms with Crippen molar-refractivity contribution in [1.82, 2.24) is 15.2 Å². The highest BCUT2D eigenvalue weighted by atomic mass is 32.1. The predicted octanol–water partition coefficient (Wildman–Crippen LogP) is 3.50. The summed E-state index contributed by atoms with van der Waals surface area (Å²) in [5.74, 6) is -0.366. The molecule has 0 spiro atoms. The second kappa shape index (κ2) is 8.69. The van der Waals surface area contributed by atoms with Crippen molar-refractivity contribution in [2.75, 3.05) is 19.6 Å². The summed E-state index contributed by atoms with van der Waals surface area (Å²) in [6.45, 7) is 1.30. The molecule has 1 aromatic heterocycles. The number of halogens is 1. The molecule has 2 amide bonds. The van der Waals surface area contributed by atoms with E-state index in [0.29, 0.717) is 24.6 Å². The number of carbonyl (C=O) groups is 2. The van der Waals surface area contributed by atoms with Crippen molar-refractivity contribution in [3.63, 3.8) is 0 Å². The van der Waals surface area contributed by atoms with Crippen molar-refractivity contribution in [3.8, 4) is 0 Å². The third kappa shape index (κ3) is 4.79. The number of nitrogens with one attached hydrogen (secondary N) is 1. The van der Waals surface area contributed by atoms with Gasteiger partial charge in [0.1, 0.15) is 5.82 Å². The van der Waals surface area contributed by atoms with E-state index in [2.05, 4.69) is 11.4 Å². The predicted molar refractivity (Wildman–Crippen MR) is 111 cm³/mol. The Morgan fingerprint density at radius 2 is 1.93 bits per heavy atom. The number of hydrogen-bond acceptors (Lipinski definition) is 4. The molecule has 1 fully saturated rings. The molecule has 0 radical (unpaired) electrons. The maximum Gasteiger partial charge on any atom is 0.241 e. The molecule has 7 heteroatoms. The van der Waals surface area contributed by atoms with Crippen LogP contribution in [0.3, 0.4) is 0 Å². The quantitative estimate of drug-likeness (QED) is 0.699. The van der Waals surface area contributed by atoms with Crippen molar-refractivity contribution in [2.24, 2.45) is 0 Å². The van der Waals surface area contributed by atoms with E-state index < -0.39 is 0 Å². The molecule has 4 rings (SSSR count). The number of thiazole rings is 1. The zero-order chi connectivity index (χ0) is 20.2. The molecule has 3 aromatic rings. The van der Waals surface area contributed by atoms with Gasteiger partial charge in [0, 0.05) is 19.0 Å². The zero-order valence-electron chi connectivity index (χ0n) is 15.9. The van der Waals surface area contributed by atoms with Crippen LogP contribution in [0.25, 0.3) is 10.2 Å². The van der Waals surface area contributed by atoms with Gasteiger partial charge in [-0.25, -0.2) is 9.37 Å². The number of para-hydroxylation sites is 1. The highest BCUT2D eigenvalue weighted by Gasteiger charge is 2.26. The maximum atomic E-state index is 13.2. The number of fused-ring (bicyclic) bond motifs is 1. The van der Waals surface area contributed by atoms with Crippen LogP contribution in [0, 0.1) is 5.82 Å². The standard InChI is InChI=1S/C22H22FN3O2S/c23-17-5-3-4-15(12-17)13-20(27)24-14-21(28)26-10-8-16(9-11-26)22-25-18-6-1-2-7-19(18)29-22/h1-7,12,16H,8-11,13-14H2,(H,24,27). The van der Waals surface area contributed by atoms with E-state index in [0.717, 1.165) is 23.4 Å². The van der Waals surface area contributed by atoms with Crippen LogP contribution in [0.15, 0.2) is 48.5 Å². The molecule has 0 saturated carbocycles. The summed E-state index contributed by atoms with van der Waals surface area (Å²) < 4.78 is 14.4. The fourth-order valence-corrected chi connectivity index (χ4v) is 4.76. The molecule has 1 N–H and O–H groups in total. The van der Waals surface area contributed by atoms with Gasteiger partial charge in [0.25, 0.3) is 0 Å². The lowest BCUT2D eigenvalue weighted by molar-refractivity contribution is -0.133. The van der Waals surface area contributed by atoms with Gasteiger partial charge in [-0.05, 0) is 42.7 Å². The Morgan fingerprint density at radius 1 is 1.14 bits per heavy atom. The lowest BCUT2D eigenvalue weighted by Crippen LogP contribution is -2.44. The molecule has 1 aliphatic rings. The van der Waals surface area contributed by atoms with Crippen molar-refractivity contribution in [3.05, 3.63) is 64.9 Å². The van der Waals surface area contributed by atoms with Crippen molar-refractivity contribution in [1.29, 1.82) is 0 Å².